The maximum Gasteiger partial charge on any atom is 0.0705 e. The normalized spacial score (nSPS) is 12.7. The molecule has 0 spiro atoms. The summed E-state index contributed by atoms with van der Waals surface area (Å²) in [5, 5.41) is 0. The third kappa shape index (κ3) is 5.67. The summed E-state index contributed by atoms with van der Waals surface area (Å²) < 4.78 is 0. The van der Waals surface area contributed by atoms with Gasteiger partial charge in [-0.3, -0.25) is 4.98 Å². The van der Waals surface area contributed by atoms with Gasteiger partial charge in [-0.25, -0.2) is 0 Å². The molecule has 1 heterocycles. The van der Waals surface area contributed by atoms with Crippen molar-refractivity contribution < 1.29 is 0 Å². The minimum absolute atomic E-state index is 0.165. The number of benzene rings is 7. The number of rotatable bonds is 6. The highest BCUT2D eigenvalue weighted by atomic mass is 14.7. The van der Waals surface area contributed by atoms with Crippen LogP contribution in [-0.2, 0) is 5.41 Å². The molecule has 1 nitrogen and oxygen atoms in total. The predicted molar refractivity (Wildman–Crippen MR) is 214 cm³/mol. The highest BCUT2D eigenvalue weighted by Gasteiger charge is 2.36. The summed E-state index contributed by atoms with van der Waals surface area (Å²) >= 11 is 0. The Labute approximate surface area is 300 Å². The SMILES string of the molecule is CC1(C)c2ccc(-c3cc(-c4ccccc4)cc(-c4ccccc4)c3)cc2-c2cnc(-c3cc(-c4ccccc4)cc(-c4ccccc4)c3)cc21. The molecule has 0 bridgehead atoms. The van der Waals surface area contributed by atoms with Gasteiger partial charge in [0.2, 0.25) is 0 Å². The van der Waals surface area contributed by atoms with E-state index < -0.39 is 0 Å². The second-order valence-electron chi connectivity index (χ2n) is 14.1. The van der Waals surface area contributed by atoms with Crippen LogP contribution in [0.3, 0.4) is 0 Å². The van der Waals surface area contributed by atoms with Gasteiger partial charge in [-0.2, -0.15) is 0 Å². The van der Waals surface area contributed by atoms with Crippen LogP contribution in [0.15, 0.2) is 188 Å². The number of fused-ring (bicyclic) bond motifs is 3. The first kappa shape index (κ1) is 30.7. The fourth-order valence-electron chi connectivity index (χ4n) is 7.74. The third-order valence-corrected chi connectivity index (χ3v) is 10.5. The van der Waals surface area contributed by atoms with Gasteiger partial charge in [-0.15, -0.1) is 0 Å². The number of pyridine rings is 1. The van der Waals surface area contributed by atoms with Crippen molar-refractivity contribution in [2.75, 3.05) is 0 Å². The zero-order valence-corrected chi connectivity index (χ0v) is 28.8. The molecule has 1 aromatic heterocycles. The Hall–Kier alpha value is -6.31. The summed E-state index contributed by atoms with van der Waals surface area (Å²) in [5.41, 5.74) is 19.1. The summed E-state index contributed by atoms with van der Waals surface area (Å²) in [6, 6.07) is 65.8. The smallest absolute Gasteiger partial charge is 0.0705 e. The molecular weight excluding hydrogens is 615 g/mol. The van der Waals surface area contributed by atoms with Crippen molar-refractivity contribution in [2.24, 2.45) is 0 Å². The lowest BCUT2D eigenvalue weighted by molar-refractivity contribution is 0.660. The Bertz CT molecular complexity index is 2400. The standard InChI is InChI=1S/C50H37N/c1-50(2)47-24-23-38(43-27-39(34-15-7-3-8-16-34)25-40(28-43)35-17-9-4-10-18-35)31-45(47)46-33-51-49(32-48(46)50)44-29-41(36-19-11-5-12-20-36)26-42(30-44)37-21-13-6-14-22-37/h3-33H,1-2H3. The number of aromatic nitrogens is 1. The minimum Gasteiger partial charge on any atom is -0.256 e. The van der Waals surface area contributed by atoms with Crippen molar-refractivity contribution in [1.82, 2.24) is 4.98 Å². The molecule has 9 rings (SSSR count). The van der Waals surface area contributed by atoms with Gasteiger partial charge in [0, 0.05) is 22.7 Å². The summed E-state index contributed by atoms with van der Waals surface area (Å²) in [6.45, 7) is 4.70. The molecule has 7 aromatic carbocycles. The van der Waals surface area contributed by atoms with E-state index in [1.54, 1.807) is 0 Å². The van der Waals surface area contributed by atoms with Crippen molar-refractivity contribution in [3.63, 3.8) is 0 Å². The second kappa shape index (κ2) is 12.5. The van der Waals surface area contributed by atoms with Gasteiger partial charge < -0.3 is 0 Å². The lowest BCUT2D eigenvalue weighted by Gasteiger charge is -2.22. The van der Waals surface area contributed by atoms with Crippen LogP contribution in [0.25, 0.3) is 78.0 Å². The van der Waals surface area contributed by atoms with E-state index in [9.17, 15) is 0 Å². The van der Waals surface area contributed by atoms with Gasteiger partial charge in [0.1, 0.15) is 0 Å². The lowest BCUT2D eigenvalue weighted by Crippen LogP contribution is -2.15. The zero-order valence-electron chi connectivity index (χ0n) is 28.8. The quantitative estimate of drug-likeness (QED) is 0.174. The van der Waals surface area contributed by atoms with Crippen molar-refractivity contribution in [2.45, 2.75) is 19.3 Å². The van der Waals surface area contributed by atoms with E-state index in [1.165, 1.54) is 77.9 Å². The van der Waals surface area contributed by atoms with Crippen LogP contribution in [0.1, 0.15) is 25.0 Å². The number of hydrogen-bond donors (Lipinski definition) is 0. The summed E-state index contributed by atoms with van der Waals surface area (Å²) in [4.78, 5) is 5.16. The highest BCUT2D eigenvalue weighted by Crippen LogP contribution is 2.50. The summed E-state index contributed by atoms with van der Waals surface area (Å²) in [7, 11) is 0. The van der Waals surface area contributed by atoms with Gasteiger partial charge in [0.25, 0.3) is 0 Å². The molecule has 0 fully saturated rings. The Balaban J connectivity index is 1.16. The average Bonchev–Trinajstić information content (AvgIpc) is 3.43. The topological polar surface area (TPSA) is 12.9 Å². The van der Waals surface area contributed by atoms with Gasteiger partial charge in [0.15, 0.2) is 0 Å². The second-order valence-corrected chi connectivity index (χ2v) is 14.1. The van der Waals surface area contributed by atoms with Gasteiger partial charge in [-0.1, -0.05) is 147 Å². The van der Waals surface area contributed by atoms with Crippen LogP contribution in [0.2, 0.25) is 0 Å². The maximum absolute atomic E-state index is 5.16. The number of nitrogens with zero attached hydrogens (tertiary/aromatic N) is 1. The fourth-order valence-corrected chi connectivity index (χ4v) is 7.74. The van der Waals surface area contributed by atoms with Crippen LogP contribution in [-0.4, -0.2) is 4.98 Å². The maximum atomic E-state index is 5.16. The minimum atomic E-state index is -0.165. The monoisotopic (exact) mass is 651 g/mol. The number of hydrogen-bond acceptors (Lipinski definition) is 1. The molecule has 8 aromatic rings. The first-order chi connectivity index (χ1) is 25.0. The zero-order chi connectivity index (χ0) is 34.4. The van der Waals surface area contributed by atoms with Gasteiger partial charge in [0.05, 0.1) is 5.69 Å². The van der Waals surface area contributed by atoms with Crippen LogP contribution in [0.5, 0.6) is 0 Å². The predicted octanol–water partition coefficient (Wildman–Crippen LogP) is 13.4. The van der Waals surface area contributed by atoms with E-state index in [0.717, 1.165) is 11.3 Å². The molecule has 242 valence electrons. The molecule has 0 amide bonds. The van der Waals surface area contributed by atoms with E-state index in [-0.39, 0.29) is 5.41 Å². The van der Waals surface area contributed by atoms with E-state index >= 15 is 0 Å². The van der Waals surface area contributed by atoms with Crippen LogP contribution in [0, 0.1) is 0 Å². The molecule has 0 saturated carbocycles. The summed E-state index contributed by atoms with van der Waals surface area (Å²) in [5.74, 6) is 0. The van der Waals surface area contributed by atoms with Crippen molar-refractivity contribution in [1.29, 1.82) is 0 Å². The molecule has 1 aliphatic rings. The Morgan fingerprint density at radius 3 is 1.14 bits per heavy atom. The largest absolute Gasteiger partial charge is 0.256 e. The van der Waals surface area contributed by atoms with Gasteiger partial charge in [-0.05, 0) is 121 Å². The summed E-state index contributed by atoms with van der Waals surface area (Å²) in [6.07, 6.45) is 2.11. The fraction of sp³-hybridized carbons (Fsp3) is 0.0600. The lowest BCUT2D eigenvalue weighted by atomic mass is 9.81. The molecule has 0 radical (unpaired) electrons. The van der Waals surface area contributed by atoms with E-state index in [2.05, 4.69) is 202 Å². The van der Waals surface area contributed by atoms with Gasteiger partial charge >= 0.3 is 0 Å². The van der Waals surface area contributed by atoms with Crippen molar-refractivity contribution in [3.8, 4) is 78.0 Å². The Kier molecular flexibility index (Phi) is 7.55. The first-order valence-corrected chi connectivity index (χ1v) is 17.7. The average molecular weight is 652 g/mol. The highest BCUT2D eigenvalue weighted by molar-refractivity contribution is 5.88. The molecule has 0 aliphatic heterocycles. The molecule has 0 saturated heterocycles. The first-order valence-electron chi connectivity index (χ1n) is 17.7. The van der Waals surface area contributed by atoms with Crippen molar-refractivity contribution in [3.05, 3.63) is 199 Å². The van der Waals surface area contributed by atoms with E-state index in [0.29, 0.717) is 0 Å². The molecule has 1 heteroatoms. The molecule has 0 unspecified atom stereocenters. The molecule has 0 N–H and O–H groups in total. The Morgan fingerprint density at radius 2 is 0.706 bits per heavy atom. The molecule has 1 aliphatic carbocycles. The van der Waals surface area contributed by atoms with Crippen LogP contribution >= 0.6 is 0 Å². The van der Waals surface area contributed by atoms with Crippen molar-refractivity contribution >= 4 is 0 Å². The molecule has 51 heavy (non-hydrogen) atoms. The van der Waals surface area contributed by atoms with E-state index in [4.69, 9.17) is 4.98 Å². The Morgan fingerprint density at radius 1 is 0.314 bits per heavy atom. The van der Waals surface area contributed by atoms with Crippen LogP contribution in [0.4, 0.5) is 0 Å². The molecular formula is C50H37N. The van der Waals surface area contributed by atoms with Crippen LogP contribution < -0.4 is 0 Å². The van der Waals surface area contributed by atoms with E-state index in [1.807, 2.05) is 0 Å². The third-order valence-electron chi connectivity index (χ3n) is 10.5. The molecule has 0 atom stereocenters.